The molecule has 0 aromatic heterocycles. The second kappa shape index (κ2) is 5.62. The Labute approximate surface area is 113 Å². The molecule has 19 heavy (non-hydrogen) atoms. The largest absolute Gasteiger partial charge is 0.494 e. The van der Waals surface area contributed by atoms with Crippen LogP contribution in [-0.4, -0.2) is 30.2 Å². The fourth-order valence-electron chi connectivity index (χ4n) is 1.45. The van der Waals surface area contributed by atoms with Gasteiger partial charge < -0.3 is 19.9 Å². The number of halogens is 1. The normalized spacial score (nSPS) is 13.8. The number of carbonyl (C=O) groups excluding carboxylic acids is 1. The van der Waals surface area contributed by atoms with E-state index in [1.54, 1.807) is 0 Å². The fourth-order valence-corrected chi connectivity index (χ4v) is 1.71. The third kappa shape index (κ3) is 3.17. The minimum absolute atomic E-state index is 0.0314. The van der Waals surface area contributed by atoms with Crippen LogP contribution >= 0.6 is 11.6 Å². The molecule has 0 unspecified atom stereocenters. The number of ether oxygens (including phenoxy) is 2. The van der Waals surface area contributed by atoms with Crippen LogP contribution in [0.2, 0.25) is 5.02 Å². The van der Waals surface area contributed by atoms with Crippen LogP contribution in [0, 0.1) is 0 Å². The van der Waals surface area contributed by atoms with Gasteiger partial charge in [-0.05, 0) is 18.2 Å². The van der Waals surface area contributed by atoms with Gasteiger partial charge in [-0.3, -0.25) is 4.79 Å². The first-order valence-corrected chi connectivity index (χ1v) is 5.74. The number of hydrogen-bond donors (Lipinski definition) is 2. The van der Waals surface area contributed by atoms with E-state index in [0.29, 0.717) is 18.9 Å². The number of nitrogens with one attached hydrogen (secondary N) is 1. The van der Waals surface area contributed by atoms with E-state index in [1.165, 1.54) is 24.5 Å². The molecule has 0 saturated heterocycles. The number of benzene rings is 1. The van der Waals surface area contributed by atoms with Gasteiger partial charge in [0.1, 0.15) is 19.5 Å². The third-order valence-electron chi connectivity index (χ3n) is 2.33. The number of aromatic carboxylic acids is 1. The molecule has 7 heteroatoms. The van der Waals surface area contributed by atoms with Crippen LogP contribution in [0.4, 0.5) is 5.69 Å². The van der Waals surface area contributed by atoms with Crippen LogP contribution < -0.4 is 5.32 Å². The van der Waals surface area contributed by atoms with E-state index in [4.69, 9.17) is 26.2 Å². The van der Waals surface area contributed by atoms with E-state index in [0.717, 1.165) is 0 Å². The monoisotopic (exact) mass is 283 g/mol. The number of carboxylic acids is 1. The number of rotatable bonds is 3. The van der Waals surface area contributed by atoms with Crippen LogP contribution in [0.5, 0.6) is 0 Å². The summed E-state index contributed by atoms with van der Waals surface area (Å²) in [5, 5.41) is 11.4. The summed E-state index contributed by atoms with van der Waals surface area (Å²) in [4.78, 5) is 22.5. The Kier molecular flexibility index (Phi) is 3.91. The summed E-state index contributed by atoms with van der Waals surface area (Å²) in [6.45, 7) is 0.702. The van der Waals surface area contributed by atoms with Crippen molar-refractivity contribution < 1.29 is 24.2 Å². The average molecular weight is 284 g/mol. The lowest BCUT2D eigenvalue weighted by atomic mass is 10.2. The summed E-state index contributed by atoms with van der Waals surface area (Å²) >= 11 is 5.79. The summed E-state index contributed by atoms with van der Waals surface area (Å²) in [6, 6.07) is 4.11. The van der Waals surface area contributed by atoms with Gasteiger partial charge in [0.25, 0.3) is 5.91 Å². The maximum Gasteiger partial charge on any atom is 0.337 e. The van der Waals surface area contributed by atoms with Gasteiger partial charge in [0.05, 0.1) is 10.6 Å². The first-order valence-electron chi connectivity index (χ1n) is 5.36. The summed E-state index contributed by atoms with van der Waals surface area (Å²) in [5.74, 6) is -1.56. The Balaban J connectivity index is 2.11. The molecule has 1 aliphatic heterocycles. The van der Waals surface area contributed by atoms with E-state index >= 15 is 0 Å². The smallest absolute Gasteiger partial charge is 0.337 e. The van der Waals surface area contributed by atoms with Crippen molar-refractivity contribution in [3.8, 4) is 0 Å². The molecule has 1 aliphatic rings. The molecule has 0 aliphatic carbocycles. The Morgan fingerprint density at radius 3 is 2.68 bits per heavy atom. The van der Waals surface area contributed by atoms with Crippen molar-refractivity contribution in [3.05, 3.63) is 40.8 Å². The van der Waals surface area contributed by atoms with Gasteiger partial charge >= 0.3 is 5.97 Å². The molecule has 100 valence electrons. The number of carbonyl (C=O) groups is 2. The van der Waals surface area contributed by atoms with Crippen LogP contribution in [-0.2, 0) is 14.3 Å². The molecule has 0 spiro atoms. The fraction of sp³-hybridized carbons (Fsp3) is 0.167. The van der Waals surface area contributed by atoms with Gasteiger partial charge in [0, 0.05) is 5.69 Å². The van der Waals surface area contributed by atoms with Crippen molar-refractivity contribution in [2.45, 2.75) is 0 Å². The predicted octanol–water partition coefficient (Wildman–Crippen LogP) is 1.86. The molecule has 0 saturated carbocycles. The highest BCUT2D eigenvalue weighted by Crippen LogP contribution is 2.21. The quantitative estimate of drug-likeness (QED) is 0.884. The first-order chi connectivity index (χ1) is 9.08. The Bertz CT molecular complexity index is 555. The third-order valence-corrected chi connectivity index (χ3v) is 2.64. The molecule has 0 atom stereocenters. The molecule has 2 N–H and O–H groups in total. The second-order valence-corrected chi connectivity index (χ2v) is 4.06. The van der Waals surface area contributed by atoms with E-state index in [-0.39, 0.29) is 16.3 Å². The Hall–Kier alpha value is -2.21. The lowest BCUT2D eigenvalue weighted by Crippen LogP contribution is -2.21. The molecule has 0 radical (unpaired) electrons. The number of anilines is 1. The van der Waals surface area contributed by atoms with Crippen LogP contribution in [0.15, 0.2) is 30.2 Å². The number of carboxylic acid groups (broad SMARTS) is 1. The van der Waals surface area contributed by atoms with Crippen LogP contribution in [0.25, 0.3) is 0 Å². The van der Waals surface area contributed by atoms with E-state index in [9.17, 15) is 9.59 Å². The number of hydrogen-bond acceptors (Lipinski definition) is 4. The lowest BCUT2D eigenvalue weighted by Gasteiger charge is -2.15. The zero-order chi connectivity index (χ0) is 13.8. The Morgan fingerprint density at radius 1 is 1.32 bits per heavy atom. The van der Waals surface area contributed by atoms with Gasteiger partial charge in [0.15, 0.2) is 0 Å². The highest BCUT2D eigenvalue weighted by molar-refractivity contribution is 6.33. The highest BCUT2D eigenvalue weighted by atomic mass is 35.5. The number of amides is 1. The minimum Gasteiger partial charge on any atom is -0.494 e. The molecule has 1 amide bonds. The van der Waals surface area contributed by atoms with Crippen LogP contribution in [0.3, 0.4) is 0 Å². The van der Waals surface area contributed by atoms with Gasteiger partial charge in [-0.15, -0.1) is 0 Å². The van der Waals surface area contributed by atoms with Gasteiger partial charge in [0.2, 0.25) is 5.76 Å². The van der Waals surface area contributed by atoms with Gasteiger partial charge in [-0.1, -0.05) is 11.6 Å². The summed E-state index contributed by atoms with van der Waals surface area (Å²) in [6.07, 6.45) is 1.23. The Morgan fingerprint density at radius 2 is 2.11 bits per heavy atom. The molecule has 6 nitrogen and oxygen atoms in total. The maximum atomic E-state index is 11.8. The van der Waals surface area contributed by atoms with Crippen molar-refractivity contribution in [2.24, 2.45) is 0 Å². The lowest BCUT2D eigenvalue weighted by molar-refractivity contribution is -0.117. The SMILES string of the molecule is O=C(Nc1ccc(C(=O)O)c(Cl)c1)C1=COCCO1. The van der Waals surface area contributed by atoms with Crippen molar-refractivity contribution in [2.75, 3.05) is 18.5 Å². The summed E-state index contributed by atoms with van der Waals surface area (Å²) in [7, 11) is 0. The summed E-state index contributed by atoms with van der Waals surface area (Å²) < 4.78 is 10.1. The van der Waals surface area contributed by atoms with Crippen LogP contribution in [0.1, 0.15) is 10.4 Å². The molecular weight excluding hydrogens is 274 g/mol. The molecular formula is C12H10ClNO5. The zero-order valence-corrected chi connectivity index (χ0v) is 10.4. The molecule has 2 rings (SSSR count). The van der Waals surface area contributed by atoms with E-state index < -0.39 is 11.9 Å². The van der Waals surface area contributed by atoms with E-state index in [1.807, 2.05) is 0 Å². The topological polar surface area (TPSA) is 84.9 Å². The highest BCUT2D eigenvalue weighted by Gasteiger charge is 2.16. The minimum atomic E-state index is -1.13. The first kappa shape index (κ1) is 13.2. The van der Waals surface area contributed by atoms with Gasteiger partial charge in [-0.2, -0.15) is 0 Å². The molecule has 1 aromatic rings. The average Bonchev–Trinajstić information content (AvgIpc) is 2.39. The molecule has 0 fully saturated rings. The van der Waals surface area contributed by atoms with Gasteiger partial charge in [-0.25, -0.2) is 4.79 Å². The van der Waals surface area contributed by atoms with Crippen molar-refractivity contribution >= 4 is 29.2 Å². The molecule has 1 heterocycles. The zero-order valence-electron chi connectivity index (χ0n) is 9.68. The molecule has 0 bridgehead atoms. The molecule has 1 aromatic carbocycles. The second-order valence-electron chi connectivity index (χ2n) is 3.66. The van der Waals surface area contributed by atoms with E-state index in [2.05, 4.69) is 5.32 Å². The summed E-state index contributed by atoms with van der Waals surface area (Å²) in [5.41, 5.74) is 0.339. The van der Waals surface area contributed by atoms with Crippen molar-refractivity contribution in [3.63, 3.8) is 0 Å². The maximum absolute atomic E-state index is 11.8. The van der Waals surface area contributed by atoms with Crippen molar-refractivity contribution in [1.29, 1.82) is 0 Å². The van der Waals surface area contributed by atoms with Crippen molar-refractivity contribution in [1.82, 2.24) is 0 Å². The predicted molar refractivity (Wildman–Crippen MR) is 67.0 cm³/mol. The standard InChI is InChI=1S/C12H10ClNO5/c13-9-5-7(1-2-8(9)12(16)17)14-11(15)10-6-18-3-4-19-10/h1-2,5-6H,3-4H2,(H,14,15)(H,16,17).